The Morgan fingerprint density at radius 3 is 1.77 bits per heavy atom. The monoisotopic (exact) mass is 730 g/mol. The average Bonchev–Trinajstić information content (AvgIpc) is 3.96. The van der Waals surface area contributed by atoms with E-state index in [-0.39, 0.29) is 0 Å². The molecule has 6 heteroatoms. The molecule has 0 aliphatic carbocycles. The fraction of sp³-hybridized carbons (Fsp3) is 0. The number of hydrogen-bond acceptors (Lipinski definition) is 5. The van der Waals surface area contributed by atoms with Crippen molar-refractivity contribution in [2.45, 2.75) is 0 Å². The minimum absolute atomic E-state index is 0.539. The molecule has 0 radical (unpaired) electrons. The second kappa shape index (κ2) is 12.3. The van der Waals surface area contributed by atoms with Gasteiger partial charge in [0.2, 0.25) is 0 Å². The van der Waals surface area contributed by atoms with E-state index in [0.717, 1.165) is 77.3 Å². The van der Waals surface area contributed by atoms with Crippen LogP contribution in [0.25, 0.3) is 117 Å². The summed E-state index contributed by atoms with van der Waals surface area (Å²) >= 11 is 0. The van der Waals surface area contributed by atoms with Crippen LogP contribution in [0.3, 0.4) is 0 Å². The van der Waals surface area contributed by atoms with E-state index >= 15 is 0 Å². The van der Waals surface area contributed by atoms with E-state index in [1.165, 1.54) is 21.9 Å². The third-order valence-corrected chi connectivity index (χ3v) is 11.1. The number of fused-ring (bicyclic) bond motifs is 9. The second-order valence-electron chi connectivity index (χ2n) is 14.4. The highest BCUT2D eigenvalue weighted by molar-refractivity contribution is 6.14. The number of nitrogens with zero attached hydrogens (tertiary/aromatic N) is 4. The number of hydrogen-bond donors (Lipinski definition) is 0. The predicted molar refractivity (Wildman–Crippen MR) is 230 cm³/mol. The topological polar surface area (TPSA) is 69.9 Å². The molecule has 0 N–H and O–H groups in total. The van der Waals surface area contributed by atoms with Gasteiger partial charge in [-0.05, 0) is 59.7 Å². The molecule has 0 atom stereocenters. The smallest absolute Gasteiger partial charge is 0.167 e. The molecule has 266 valence electrons. The first-order chi connectivity index (χ1) is 28.2. The van der Waals surface area contributed by atoms with E-state index in [9.17, 15) is 0 Å². The van der Waals surface area contributed by atoms with Crippen LogP contribution >= 0.6 is 0 Å². The SMILES string of the molecule is c1ccc(-c2ccc3c(c2)c2ccccc2n3-c2cccc3c2oc2cc(-c4nc(-c5ccccc5)nc(-c5cccc6c5oc5ccccc56)n4)ccc23)cc1. The zero-order chi connectivity index (χ0) is 37.5. The van der Waals surface area contributed by atoms with Crippen molar-refractivity contribution in [2.75, 3.05) is 0 Å². The molecule has 0 amide bonds. The van der Waals surface area contributed by atoms with Gasteiger partial charge in [-0.15, -0.1) is 0 Å². The number of benzene rings is 8. The van der Waals surface area contributed by atoms with Crippen LogP contribution in [0.5, 0.6) is 0 Å². The Bertz CT molecular complexity index is 3530. The summed E-state index contributed by atoms with van der Waals surface area (Å²) in [5.74, 6) is 1.67. The summed E-state index contributed by atoms with van der Waals surface area (Å²) in [5, 5.41) is 6.52. The van der Waals surface area contributed by atoms with E-state index in [1.807, 2.05) is 66.7 Å². The maximum atomic E-state index is 6.87. The molecule has 0 saturated heterocycles. The highest BCUT2D eigenvalue weighted by atomic mass is 16.3. The zero-order valence-corrected chi connectivity index (χ0v) is 30.4. The maximum absolute atomic E-state index is 6.87. The van der Waals surface area contributed by atoms with Gasteiger partial charge in [-0.25, -0.2) is 15.0 Å². The summed E-state index contributed by atoms with van der Waals surface area (Å²) in [6.45, 7) is 0. The molecule has 0 fully saturated rings. The van der Waals surface area contributed by atoms with Crippen LogP contribution in [-0.4, -0.2) is 19.5 Å². The third kappa shape index (κ3) is 4.94. The first-order valence-corrected chi connectivity index (χ1v) is 19.0. The van der Waals surface area contributed by atoms with Crippen molar-refractivity contribution in [3.05, 3.63) is 182 Å². The molecule has 4 aromatic heterocycles. The van der Waals surface area contributed by atoms with Gasteiger partial charge in [0, 0.05) is 43.4 Å². The number of rotatable bonds is 5. The fourth-order valence-electron chi connectivity index (χ4n) is 8.41. The Morgan fingerprint density at radius 1 is 0.333 bits per heavy atom. The molecule has 0 aliphatic rings. The highest BCUT2D eigenvalue weighted by Gasteiger charge is 2.21. The minimum atomic E-state index is 0.539. The lowest BCUT2D eigenvalue weighted by molar-refractivity contribution is 0.666. The maximum Gasteiger partial charge on any atom is 0.167 e. The zero-order valence-electron chi connectivity index (χ0n) is 30.4. The van der Waals surface area contributed by atoms with Crippen molar-refractivity contribution in [3.8, 4) is 51.0 Å². The van der Waals surface area contributed by atoms with Crippen molar-refractivity contribution in [2.24, 2.45) is 0 Å². The van der Waals surface area contributed by atoms with Gasteiger partial charge >= 0.3 is 0 Å². The van der Waals surface area contributed by atoms with E-state index < -0.39 is 0 Å². The lowest BCUT2D eigenvalue weighted by Crippen LogP contribution is -2.00. The van der Waals surface area contributed by atoms with Gasteiger partial charge in [0.05, 0.1) is 22.3 Å². The highest BCUT2D eigenvalue weighted by Crippen LogP contribution is 2.41. The van der Waals surface area contributed by atoms with Crippen LogP contribution in [0.1, 0.15) is 0 Å². The second-order valence-corrected chi connectivity index (χ2v) is 14.4. The average molecular weight is 731 g/mol. The Morgan fingerprint density at radius 2 is 0.930 bits per heavy atom. The minimum Gasteiger partial charge on any atom is -0.455 e. The van der Waals surface area contributed by atoms with Crippen LogP contribution in [0.15, 0.2) is 191 Å². The summed E-state index contributed by atoms with van der Waals surface area (Å²) < 4.78 is 15.6. The van der Waals surface area contributed by atoms with Crippen LogP contribution in [-0.2, 0) is 0 Å². The summed E-state index contributed by atoms with van der Waals surface area (Å²) in [6.07, 6.45) is 0. The van der Waals surface area contributed by atoms with Crippen molar-refractivity contribution in [1.29, 1.82) is 0 Å². The van der Waals surface area contributed by atoms with Gasteiger partial charge in [0.25, 0.3) is 0 Å². The number of aromatic nitrogens is 4. The van der Waals surface area contributed by atoms with E-state index in [4.69, 9.17) is 23.8 Å². The van der Waals surface area contributed by atoms with Crippen LogP contribution in [0.2, 0.25) is 0 Å². The lowest BCUT2D eigenvalue weighted by atomic mass is 10.0. The molecule has 0 aliphatic heterocycles. The molecule has 0 bridgehead atoms. The Balaban J connectivity index is 1.04. The molecular weight excluding hydrogens is 701 g/mol. The number of para-hydroxylation sites is 4. The third-order valence-electron chi connectivity index (χ3n) is 11.1. The van der Waals surface area contributed by atoms with Gasteiger partial charge in [0.15, 0.2) is 23.1 Å². The Labute approximate surface area is 325 Å². The first kappa shape index (κ1) is 31.5. The largest absolute Gasteiger partial charge is 0.455 e. The van der Waals surface area contributed by atoms with Gasteiger partial charge < -0.3 is 13.4 Å². The van der Waals surface area contributed by atoms with Gasteiger partial charge in [-0.2, -0.15) is 0 Å². The summed E-state index contributed by atoms with van der Waals surface area (Å²) in [7, 11) is 0. The molecule has 8 aromatic carbocycles. The molecule has 4 heterocycles. The molecule has 12 rings (SSSR count). The molecule has 0 saturated carbocycles. The molecule has 6 nitrogen and oxygen atoms in total. The molecule has 0 spiro atoms. The first-order valence-electron chi connectivity index (χ1n) is 19.0. The van der Waals surface area contributed by atoms with Gasteiger partial charge in [-0.1, -0.05) is 133 Å². The van der Waals surface area contributed by atoms with Crippen molar-refractivity contribution < 1.29 is 8.83 Å². The van der Waals surface area contributed by atoms with E-state index in [1.54, 1.807) is 0 Å². The molecule has 0 unspecified atom stereocenters. The predicted octanol–water partition coefficient (Wildman–Crippen LogP) is 13.4. The number of furan rings is 2. The summed E-state index contributed by atoms with van der Waals surface area (Å²) in [4.78, 5) is 15.2. The Kier molecular flexibility index (Phi) is 6.83. The normalized spacial score (nSPS) is 11.9. The fourth-order valence-corrected chi connectivity index (χ4v) is 8.41. The quantitative estimate of drug-likeness (QED) is 0.176. The Hall–Kier alpha value is -7.83. The van der Waals surface area contributed by atoms with E-state index in [0.29, 0.717) is 17.5 Å². The molecule has 12 aromatic rings. The summed E-state index contributed by atoms with van der Waals surface area (Å²) in [5.41, 5.74) is 11.3. The van der Waals surface area contributed by atoms with E-state index in [2.05, 4.69) is 120 Å². The summed E-state index contributed by atoms with van der Waals surface area (Å²) in [6, 6.07) is 62.7. The molecule has 57 heavy (non-hydrogen) atoms. The van der Waals surface area contributed by atoms with Gasteiger partial charge in [-0.3, -0.25) is 0 Å². The van der Waals surface area contributed by atoms with Crippen molar-refractivity contribution >= 4 is 65.7 Å². The van der Waals surface area contributed by atoms with Gasteiger partial charge in [0.1, 0.15) is 16.7 Å². The standard InChI is InChI=1S/C51H30N4O2/c1-3-13-31(14-4-1)33-26-28-43-41(29-33)35-17-7-9-22-42(35)55(43)44-23-12-20-39-37-27-25-34(30-46(37)57-48(39)44)50-52-49(32-15-5-2-6-16-32)53-51(54-50)40-21-11-19-38-36-18-8-10-24-45(36)56-47(38)40/h1-30H. The van der Waals surface area contributed by atoms with Crippen molar-refractivity contribution in [1.82, 2.24) is 19.5 Å². The van der Waals surface area contributed by atoms with Crippen molar-refractivity contribution in [3.63, 3.8) is 0 Å². The lowest BCUT2D eigenvalue weighted by Gasteiger charge is -2.09. The van der Waals surface area contributed by atoms with Crippen LogP contribution in [0, 0.1) is 0 Å². The van der Waals surface area contributed by atoms with Crippen LogP contribution in [0.4, 0.5) is 0 Å². The van der Waals surface area contributed by atoms with Crippen LogP contribution < -0.4 is 0 Å². The molecular formula is C51H30N4O2.